The summed E-state index contributed by atoms with van der Waals surface area (Å²) < 4.78 is 5.56. The number of unbranched alkanes of at least 4 members (excludes halogenated alkanes) is 1. The molecule has 0 spiro atoms. The molecule has 1 heterocycles. The summed E-state index contributed by atoms with van der Waals surface area (Å²) in [5.74, 6) is 0.161. The second kappa shape index (κ2) is 4.97. The van der Waals surface area contributed by atoms with Gasteiger partial charge in [0.15, 0.2) is 5.60 Å². The summed E-state index contributed by atoms with van der Waals surface area (Å²) in [6.45, 7) is 9.64. The molecule has 0 aromatic carbocycles. The highest BCUT2D eigenvalue weighted by molar-refractivity contribution is 5.88. The fourth-order valence-corrected chi connectivity index (χ4v) is 2.00. The second-order valence-corrected chi connectivity index (χ2v) is 4.33. The highest BCUT2D eigenvalue weighted by Crippen LogP contribution is 2.40. The fourth-order valence-electron chi connectivity index (χ4n) is 2.00. The Morgan fingerprint density at radius 1 is 1.33 bits per heavy atom. The molecule has 1 amide bonds. The van der Waals surface area contributed by atoms with Crippen LogP contribution in [0.25, 0.3) is 0 Å². The van der Waals surface area contributed by atoms with E-state index in [1.165, 1.54) is 0 Å². The van der Waals surface area contributed by atoms with Gasteiger partial charge >= 0.3 is 0 Å². The van der Waals surface area contributed by atoms with Crippen LogP contribution in [-0.2, 0) is 9.53 Å². The molecule has 1 aliphatic heterocycles. The minimum atomic E-state index is -0.513. The molecule has 1 saturated heterocycles. The minimum Gasteiger partial charge on any atom is -0.356 e. The van der Waals surface area contributed by atoms with E-state index in [0.717, 1.165) is 32.4 Å². The van der Waals surface area contributed by atoms with Crippen LogP contribution in [0.2, 0.25) is 0 Å². The van der Waals surface area contributed by atoms with Crippen molar-refractivity contribution in [1.29, 1.82) is 0 Å². The van der Waals surface area contributed by atoms with Crippen LogP contribution in [0.3, 0.4) is 0 Å². The normalized spacial score (nSPS) is 28.9. The molecule has 1 aliphatic rings. The molecule has 1 fully saturated rings. The molecular formula is C12H23NO2. The Kier molecular flexibility index (Phi) is 4.14. The first-order valence-corrected chi connectivity index (χ1v) is 6.07. The summed E-state index contributed by atoms with van der Waals surface area (Å²) in [7, 11) is 0. The molecule has 0 aliphatic carbocycles. The van der Waals surface area contributed by atoms with Gasteiger partial charge in [-0.2, -0.15) is 0 Å². The summed E-state index contributed by atoms with van der Waals surface area (Å²) in [6, 6.07) is 0. The Morgan fingerprint density at radius 3 is 2.40 bits per heavy atom. The zero-order chi connectivity index (χ0) is 11.5. The summed E-state index contributed by atoms with van der Waals surface area (Å²) in [5, 5.41) is 0. The highest BCUT2D eigenvalue weighted by Gasteiger charge is 2.58. The summed E-state index contributed by atoms with van der Waals surface area (Å²) in [5.41, 5.74) is -0.513. The molecule has 3 heteroatoms. The molecule has 0 aromatic rings. The van der Waals surface area contributed by atoms with Gasteiger partial charge in [-0.3, -0.25) is 4.79 Å². The number of epoxide rings is 1. The smallest absolute Gasteiger partial charge is 0.257 e. The maximum atomic E-state index is 12.1. The summed E-state index contributed by atoms with van der Waals surface area (Å²) in [4.78, 5) is 13.9. The molecule has 0 bridgehead atoms. The maximum Gasteiger partial charge on any atom is 0.257 e. The average molecular weight is 213 g/mol. The van der Waals surface area contributed by atoms with Crippen molar-refractivity contribution in [2.75, 3.05) is 13.1 Å². The molecule has 2 atom stereocenters. The third-order valence-corrected chi connectivity index (χ3v) is 3.24. The standard InChI is InChI=1S/C12H23NO2/c1-5-8-9-10-12(4,15-10)11(14)13(6-2)7-3/h10H,5-9H2,1-4H3. The molecule has 15 heavy (non-hydrogen) atoms. The zero-order valence-electron chi connectivity index (χ0n) is 10.4. The number of likely N-dealkylation sites (N-methyl/N-ethyl adjacent to an activating group) is 1. The Balaban J connectivity index is 2.47. The van der Waals surface area contributed by atoms with E-state index in [4.69, 9.17) is 4.74 Å². The largest absolute Gasteiger partial charge is 0.356 e. The van der Waals surface area contributed by atoms with E-state index in [-0.39, 0.29) is 12.0 Å². The molecule has 0 radical (unpaired) electrons. The first kappa shape index (κ1) is 12.5. The van der Waals surface area contributed by atoms with Crippen LogP contribution in [-0.4, -0.2) is 35.6 Å². The molecule has 0 saturated carbocycles. The van der Waals surface area contributed by atoms with Gasteiger partial charge in [0.25, 0.3) is 5.91 Å². The van der Waals surface area contributed by atoms with Gasteiger partial charge in [0.2, 0.25) is 0 Å². The van der Waals surface area contributed by atoms with Crippen molar-refractivity contribution in [1.82, 2.24) is 4.90 Å². The molecule has 0 N–H and O–H groups in total. The van der Waals surface area contributed by atoms with Gasteiger partial charge in [-0.1, -0.05) is 19.8 Å². The topological polar surface area (TPSA) is 32.8 Å². The van der Waals surface area contributed by atoms with Gasteiger partial charge in [-0.05, 0) is 27.2 Å². The van der Waals surface area contributed by atoms with Crippen LogP contribution < -0.4 is 0 Å². The van der Waals surface area contributed by atoms with Gasteiger partial charge in [-0.15, -0.1) is 0 Å². The number of hydrogen-bond acceptors (Lipinski definition) is 2. The van der Waals surface area contributed by atoms with Crippen LogP contribution in [0.1, 0.15) is 47.0 Å². The average Bonchev–Trinajstić information content (AvgIpc) is 2.90. The minimum absolute atomic E-state index is 0.158. The van der Waals surface area contributed by atoms with Gasteiger partial charge in [-0.25, -0.2) is 0 Å². The number of carbonyl (C=O) groups excluding carboxylic acids is 1. The third kappa shape index (κ3) is 2.51. The number of carbonyl (C=O) groups is 1. The van der Waals surface area contributed by atoms with E-state index in [9.17, 15) is 4.79 Å². The lowest BCUT2D eigenvalue weighted by Crippen LogP contribution is -2.40. The van der Waals surface area contributed by atoms with Gasteiger partial charge in [0, 0.05) is 13.1 Å². The third-order valence-electron chi connectivity index (χ3n) is 3.24. The van der Waals surface area contributed by atoms with E-state index >= 15 is 0 Å². The van der Waals surface area contributed by atoms with Crippen molar-refractivity contribution in [2.45, 2.75) is 58.7 Å². The lowest BCUT2D eigenvalue weighted by atomic mass is 10.0. The Bertz CT molecular complexity index is 226. The van der Waals surface area contributed by atoms with Crippen LogP contribution in [0.4, 0.5) is 0 Å². The first-order chi connectivity index (χ1) is 7.10. The van der Waals surface area contributed by atoms with Crippen molar-refractivity contribution < 1.29 is 9.53 Å². The molecule has 88 valence electrons. The van der Waals surface area contributed by atoms with Gasteiger partial charge < -0.3 is 9.64 Å². The van der Waals surface area contributed by atoms with Crippen molar-refractivity contribution in [2.24, 2.45) is 0 Å². The molecular weight excluding hydrogens is 190 g/mol. The monoisotopic (exact) mass is 213 g/mol. The van der Waals surface area contributed by atoms with Crippen molar-refractivity contribution in [3.8, 4) is 0 Å². The predicted molar refractivity (Wildman–Crippen MR) is 60.7 cm³/mol. The van der Waals surface area contributed by atoms with Crippen LogP contribution in [0.15, 0.2) is 0 Å². The second-order valence-electron chi connectivity index (χ2n) is 4.33. The van der Waals surface area contributed by atoms with E-state index in [0.29, 0.717) is 0 Å². The van der Waals surface area contributed by atoms with Crippen LogP contribution >= 0.6 is 0 Å². The van der Waals surface area contributed by atoms with Crippen molar-refractivity contribution in [3.05, 3.63) is 0 Å². The number of ether oxygens (including phenoxy) is 1. The van der Waals surface area contributed by atoms with Crippen LogP contribution in [0.5, 0.6) is 0 Å². The number of nitrogens with zero attached hydrogens (tertiary/aromatic N) is 1. The van der Waals surface area contributed by atoms with Gasteiger partial charge in [0.1, 0.15) is 0 Å². The first-order valence-electron chi connectivity index (χ1n) is 6.07. The Labute approximate surface area is 92.8 Å². The fraction of sp³-hybridized carbons (Fsp3) is 0.917. The lowest BCUT2D eigenvalue weighted by Gasteiger charge is -2.21. The zero-order valence-corrected chi connectivity index (χ0v) is 10.4. The maximum absolute atomic E-state index is 12.1. The van der Waals surface area contributed by atoms with Crippen LogP contribution in [0, 0.1) is 0 Å². The number of rotatable bonds is 6. The van der Waals surface area contributed by atoms with E-state index in [1.54, 1.807) is 0 Å². The Morgan fingerprint density at radius 2 is 1.93 bits per heavy atom. The van der Waals surface area contributed by atoms with Crippen molar-refractivity contribution >= 4 is 5.91 Å². The quantitative estimate of drug-likeness (QED) is 0.634. The highest BCUT2D eigenvalue weighted by atomic mass is 16.6. The van der Waals surface area contributed by atoms with Crippen molar-refractivity contribution in [3.63, 3.8) is 0 Å². The SMILES string of the molecule is CCCCC1OC1(C)C(=O)N(CC)CC. The predicted octanol–water partition coefficient (Wildman–Crippen LogP) is 2.20. The molecule has 2 unspecified atom stereocenters. The number of hydrogen-bond donors (Lipinski definition) is 0. The number of amides is 1. The summed E-state index contributed by atoms with van der Waals surface area (Å²) in [6.07, 6.45) is 3.48. The molecule has 0 aromatic heterocycles. The van der Waals surface area contributed by atoms with E-state index < -0.39 is 5.60 Å². The van der Waals surface area contributed by atoms with E-state index in [1.807, 2.05) is 25.7 Å². The summed E-state index contributed by atoms with van der Waals surface area (Å²) >= 11 is 0. The molecule has 1 rings (SSSR count). The Hall–Kier alpha value is -0.570. The van der Waals surface area contributed by atoms with Gasteiger partial charge in [0.05, 0.1) is 6.10 Å². The van der Waals surface area contributed by atoms with E-state index in [2.05, 4.69) is 6.92 Å². The molecule has 3 nitrogen and oxygen atoms in total. The lowest BCUT2D eigenvalue weighted by molar-refractivity contribution is -0.135.